The highest BCUT2D eigenvalue weighted by Gasteiger charge is 2.10. The molecule has 1 amide bonds. The SMILES string of the molecule is CCCCNC(=O)Cn1cnc2c(C)csc2c1=O. The number of carbonyl (C=O) groups excluding carboxylic acids is 1. The zero-order valence-corrected chi connectivity index (χ0v) is 11.9. The highest BCUT2D eigenvalue weighted by atomic mass is 32.1. The van der Waals surface area contributed by atoms with Gasteiger partial charge in [-0.1, -0.05) is 13.3 Å². The lowest BCUT2D eigenvalue weighted by atomic mass is 10.3. The van der Waals surface area contributed by atoms with Crippen molar-refractivity contribution in [1.29, 1.82) is 0 Å². The van der Waals surface area contributed by atoms with Crippen LogP contribution in [0.2, 0.25) is 0 Å². The van der Waals surface area contributed by atoms with Crippen LogP contribution in [0.15, 0.2) is 16.5 Å². The molecule has 19 heavy (non-hydrogen) atoms. The van der Waals surface area contributed by atoms with Gasteiger partial charge in [-0.2, -0.15) is 0 Å². The second kappa shape index (κ2) is 5.97. The molecule has 1 N–H and O–H groups in total. The molecule has 2 heterocycles. The van der Waals surface area contributed by atoms with E-state index in [-0.39, 0.29) is 18.0 Å². The van der Waals surface area contributed by atoms with Crippen LogP contribution in [0.3, 0.4) is 0 Å². The van der Waals surface area contributed by atoms with Gasteiger partial charge in [-0.05, 0) is 24.3 Å². The second-order valence-corrected chi connectivity index (χ2v) is 5.36. The van der Waals surface area contributed by atoms with Gasteiger partial charge in [-0.3, -0.25) is 14.2 Å². The molecule has 0 aromatic carbocycles. The fourth-order valence-corrected chi connectivity index (χ4v) is 2.74. The quantitative estimate of drug-likeness (QED) is 0.847. The number of hydrogen-bond donors (Lipinski definition) is 1. The number of nitrogens with zero attached hydrogens (tertiary/aromatic N) is 2. The first-order chi connectivity index (χ1) is 9.13. The molecule has 102 valence electrons. The van der Waals surface area contributed by atoms with Crippen molar-refractivity contribution in [3.05, 3.63) is 27.6 Å². The van der Waals surface area contributed by atoms with Crippen molar-refractivity contribution in [3.63, 3.8) is 0 Å². The summed E-state index contributed by atoms with van der Waals surface area (Å²) in [4.78, 5) is 28.1. The lowest BCUT2D eigenvalue weighted by Gasteiger charge is -2.06. The molecule has 6 heteroatoms. The molecule has 0 bridgehead atoms. The topological polar surface area (TPSA) is 64.0 Å². The number of thiophene rings is 1. The molecule has 0 fully saturated rings. The first kappa shape index (κ1) is 13.7. The first-order valence-corrected chi connectivity index (χ1v) is 7.21. The van der Waals surface area contributed by atoms with E-state index in [9.17, 15) is 9.59 Å². The Morgan fingerprint density at radius 2 is 2.32 bits per heavy atom. The molecule has 5 nitrogen and oxygen atoms in total. The number of rotatable bonds is 5. The molecule has 2 aromatic rings. The van der Waals surface area contributed by atoms with E-state index in [4.69, 9.17) is 0 Å². The van der Waals surface area contributed by atoms with Crippen molar-refractivity contribution in [2.24, 2.45) is 0 Å². The van der Waals surface area contributed by atoms with Crippen LogP contribution < -0.4 is 10.9 Å². The van der Waals surface area contributed by atoms with E-state index in [0.717, 1.165) is 23.9 Å². The van der Waals surface area contributed by atoms with Gasteiger partial charge in [0.2, 0.25) is 5.91 Å². The lowest BCUT2D eigenvalue weighted by molar-refractivity contribution is -0.121. The molecule has 0 aliphatic rings. The summed E-state index contributed by atoms with van der Waals surface area (Å²) in [5.41, 5.74) is 1.59. The summed E-state index contributed by atoms with van der Waals surface area (Å²) in [6, 6.07) is 0. The second-order valence-electron chi connectivity index (χ2n) is 4.48. The van der Waals surface area contributed by atoms with E-state index in [1.807, 2.05) is 12.3 Å². The van der Waals surface area contributed by atoms with Gasteiger partial charge in [0.1, 0.15) is 11.2 Å². The van der Waals surface area contributed by atoms with Crippen molar-refractivity contribution >= 4 is 27.5 Å². The maximum atomic E-state index is 12.2. The molecule has 0 radical (unpaired) electrons. The van der Waals surface area contributed by atoms with Crippen LogP contribution in [0.1, 0.15) is 25.3 Å². The largest absolute Gasteiger partial charge is 0.355 e. The number of aromatic nitrogens is 2. The monoisotopic (exact) mass is 279 g/mol. The molecule has 0 saturated carbocycles. The Hall–Kier alpha value is -1.69. The third-order valence-electron chi connectivity index (χ3n) is 2.89. The van der Waals surface area contributed by atoms with Crippen molar-refractivity contribution in [3.8, 4) is 0 Å². The maximum absolute atomic E-state index is 12.2. The fourth-order valence-electron chi connectivity index (χ4n) is 1.79. The predicted octanol–water partition coefficient (Wildman–Crippen LogP) is 1.68. The molecule has 0 spiro atoms. The Morgan fingerprint density at radius 3 is 3.05 bits per heavy atom. The number of carbonyl (C=O) groups is 1. The summed E-state index contributed by atoms with van der Waals surface area (Å²) in [6.07, 6.45) is 3.42. The van der Waals surface area contributed by atoms with Crippen LogP contribution in [-0.2, 0) is 11.3 Å². The third-order valence-corrected chi connectivity index (χ3v) is 3.97. The summed E-state index contributed by atoms with van der Waals surface area (Å²) in [7, 11) is 0. The number of fused-ring (bicyclic) bond motifs is 1. The summed E-state index contributed by atoms with van der Waals surface area (Å²) in [6.45, 7) is 4.67. The highest BCUT2D eigenvalue weighted by Crippen LogP contribution is 2.19. The molecule has 0 aliphatic carbocycles. The minimum absolute atomic E-state index is 0.0302. The van der Waals surface area contributed by atoms with Gasteiger partial charge in [0.05, 0.1) is 11.8 Å². The van der Waals surface area contributed by atoms with Gasteiger partial charge >= 0.3 is 0 Å². The van der Waals surface area contributed by atoms with Crippen LogP contribution in [0.5, 0.6) is 0 Å². The van der Waals surface area contributed by atoms with E-state index in [0.29, 0.717) is 11.2 Å². The Labute approximate surface area is 115 Å². The van der Waals surface area contributed by atoms with Crippen molar-refractivity contribution in [2.75, 3.05) is 6.54 Å². The fraction of sp³-hybridized carbons (Fsp3) is 0.462. The average Bonchev–Trinajstić information content (AvgIpc) is 2.76. The molecule has 0 aliphatic heterocycles. The van der Waals surface area contributed by atoms with E-state index < -0.39 is 0 Å². The highest BCUT2D eigenvalue weighted by molar-refractivity contribution is 7.17. The molecule has 0 atom stereocenters. The zero-order chi connectivity index (χ0) is 13.8. The molecule has 0 unspecified atom stereocenters. The standard InChI is InChI=1S/C13H17N3O2S/c1-3-4-5-14-10(17)6-16-8-15-11-9(2)7-19-12(11)13(16)18/h7-8H,3-6H2,1-2H3,(H,14,17). The number of nitrogens with one attached hydrogen (secondary N) is 1. The van der Waals surface area contributed by atoms with E-state index >= 15 is 0 Å². The minimum Gasteiger partial charge on any atom is -0.355 e. The number of unbranched alkanes of at least 4 members (excludes halogenated alkanes) is 1. The van der Waals surface area contributed by atoms with Crippen LogP contribution in [0.25, 0.3) is 10.2 Å². The van der Waals surface area contributed by atoms with Crippen LogP contribution in [0, 0.1) is 6.92 Å². The Bertz CT molecular complexity index is 645. The van der Waals surface area contributed by atoms with E-state index in [1.54, 1.807) is 0 Å². The Morgan fingerprint density at radius 1 is 1.53 bits per heavy atom. The lowest BCUT2D eigenvalue weighted by Crippen LogP contribution is -2.32. The Kier molecular flexibility index (Phi) is 4.31. The van der Waals surface area contributed by atoms with Crippen molar-refractivity contribution < 1.29 is 4.79 Å². The van der Waals surface area contributed by atoms with Crippen LogP contribution >= 0.6 is 11.3 Å². The third kappa shape index (κ3) is 3.01. The molecular formula is C13H17N3O2S. The smallest absolute Gasteiger partial charge is 0.271 e. The normalized spacial score (nSPS) is 10.8. The molecule has 0 saturated heterocycles. The molecule has 2 rings (SSSR count). The van der Waals surface area contributed by atoms with Crippen LogP contribution in [0.4, 0.5) is 0 Å². The van der Waals surface area contributed by atoms with Gasteiger partial charge in [0.25, 0.3) is 5.56 Å². The van der Waals surface area contributed by atoms with Gasteiger partial charge < -0.3 is 5.32 Å². The zero-order valence-electron chi connectivity index (χ0n) is 11.1. The Balaban J connectivity index is 2.15. The van der Waals surface area contributed by atoms with Gasteiger partial charge in [0, 0.05) is 6.54 Å². The summed E-state index contributed by atoms with van der Waals surface area (Å²) in [5.74, 6) is -0.148. The van der Waals surface area contributed by atoms with Crippen LogP contribution in [-0.4, -0.2) is 22.0 Å². The number of aryl methyl sites for hydroxylation is 1. The molecular weight excluding hydrogens is 262 g/mol. The average molecular weight is 279 g/mol. The first-order valence-electron chi connectivity index (χ1n) is 6.33. The van der Waals surface area contributed by atoms with Crippen molar-refractivity contribution in [2.45, 2.75) is 33.2 Å². The van der Waals surface area contributed by atoms with Gasteiger partial charge in [-0.25, -0.2) is 4.98 Å². The number of amides is 1. The number of hydrogen-bond acceptors (Lipinski definition) is 4. The summed E-state index contributed by atoms with van der Waals surface area (Å²) >= 11 is 1.38. The van der Waals surface area contributed by atoms with Gasteiger partial charge in [-0.15, -0.1) is 11.3 Å². The van der Waals surface area contributed by atoms with Gasteiger partial charge in [0.15, 0.2) is 0 Å². The predicted molar refractivity (Wildman–Crippen MR) is 76.5 cm³/mol. The minimum atomic E-state index is -0.148. The van der Waals surface area contributed by atoms with Crippen molar-refractivity contribution in [1.82, 2.24) is 14.9 Å². The molecule has 2 aromatic heterocycles. The maximum Gasteiger partial charge on any atom is 0.271 e. The van der Waals surface area contributed by atoms with E-state index in [1.165, 1.54) is 22.2 Å². The summed E-state index contributed by atoms with van der Waals surface area (Å²) in [5, 5.41) is 4.70. The summed E-state index contributed by atoms with van der Waals surface area (Å²) < 4.78 is 1.97. The van der Waals surface area contributed by atoms with E-state index in [2.05, 4.69) is 17.2 Å².